The molecule has 5 heteroatoms. The van der Waals surface area contributed by atoms with Gasteiger partial charge < -0.3 is 9.64 Å². The molecule has 0 spiro atoms. The molecule has 2 aromatic rings. The van der Waals surface area contributed by atoms with E-state index < -0.39 is 0 Å². The lowest BCUT2D eigenvalue weighted by Crippen LogP contribution is -2.57. The van der Waals surface area contributed by atoms with E-state index in [1.807, 2.05) is 49.9 Å². The third-order valence-corrected chi connectivity index (χ3v) is 4.11. The maximum absolute atomic E-state index is 12.2. The minimum absolute atomic E-state index is 0.0856. The van der Waals surface area contributed by atoms with Crippen LogP contribution in [0.5, 0.6) is 5.75 Å². The van der Waals surface area contributed by atoms with Crippen LogP contribution >= 0.6 is 0 Å². The average molecular weight is 299 g/mol. The zero-order valence-electron chi connectivity index (χ0n) is 13.2. The van der Waals surface area contributed by atoms with Crippen molar-refractivity contribution in [3.63, 3.8) is 0 Å². The molecule has 22 heavy (non-hydrogen) atoms. The molecule has 116 valence electrons. The maximum atomic E-state index is 12.2. The van der Waals surface area contributed by atoms with Gasteiger partial charge >= 0.3 is 0 Å². The van der Waals surface area contributed by atoms with Crippen molar-refractivity contribution >= 4 is 5.91 Å². The van der Waals surface area contributed by atoms with E-state index in [2.05, 4.69) is 5.10 Å². The van der Waals surface area contributed by atoms with Crippen LogP contribution in [0.3, 0.4) is 0 Å². The Kier molecular flexibility index (Phi) is 3.88. The van der Waals surface area contributed by atoms with Crippen LogP contribution in [0.15, 0.2) is 30.5 Å². The Hall–Kier alpha value is -2.30. The first-order valence-electron chi connectivity index (χ1n) is 7.53. The molecule has 1 saturated heterocycles. The molecule has 1 aromatic carbocycles. The van der Waals surface area contributed by atoms with Gasteiger partial charge in [0.05, 0.1) is 13.1 Å². The number of ether oxygens (including phenoxy) is 1. The summed E-state index contributed by atoms with van der Waals surface area (Å²) < 4.78 is 7.76. The number of hydrogen-bond donors (Lipinski definition) is 0. The fourth-order valence-corrected chi connectivity index (χ4v) is 2.66. The summed E-state index contributed by atoms with van der Waals surface area (Å²) in [5.41, 5.74) is 3.27. The lowest BCUT2D eigenvalue weighted by atomic mass is 10.1. The summed E-state index contributed by atoms with van der Waals surface area (Å²) in [6.45, 7) is 7.63. The number of aromatic nitrogens is 2. The first-order chi connectivity index (χ1) is 10.5. The monoisotopic (exact) mass is 299 g/mol. The van der Waals surface area contributed by atoms with Crippen LogP contribution in [0.4, 0.5) is 0 Å². The maximum Gasteiger partial charge on any atom is 0.244 e. The molecule has 0 atom stereocenters. The van der Waals surface area contributed by atoms with Gasteiger partial charge in [0, 0.05) is 11.9 Å². The number of rotatable bonds is 4. The molecule has 0 aliphatic carbocycles. The number of likely N-dealkylation sites (tertiary alicyclic amines) is 1. The van der Waals surface area contributed by atoms with Crippen LogP contribution in [-0.2, 0) is 11.3 Å². The van der Waals surface area contributed by atoms with E-state index in [-0.39, 0.29) is 12.0 Å². The van der Waals surface area contributed by atoms with Gasteiger partial charge in [-0.05, 0) is 38.0 Å². The quantitative estimate of drug-likeness (QED) is 0.868. The molecule has 0 unspecified atom stereocenters. The number of carbonyl (C=O) groups excluding carboxylic acids is 1. The Morgan fingerprint density at radius 3 is 2.50 bits per heavy atom. The summed E-state index contributed by atoms with van der Waals surface area (Å²) in [7, 11) is 0. The van der Waals surface area contributed by atoms with Crippen LogP contribution in [0.2, 0.25) is 0 Å². The molecule has 1 aliphatic rings. The summed E-state index contributed by atoms with van der Waals surface area (Å²) in [5.74, 6) is 1.04. The Morgan fingerprint density at radius 2 is 1.91 bits per heavy atom. The second-order valence-electron chi connectivity index (χ2n) is 5.89. The van der Waals surface area contributed by atoms with Crippen LogP contribution in [0, 0.1) is 20.8 Å². The summed E-state index contributed by atoms with van der Waals surface area (Å²) in [6.07, 6.45) is 1.80. The van der Waals surface area contributed by atoms with Gasteiger partial charge in [-0.1, -0.05) is 18.2 Å². The number of benzene rings is 1. The van der Waals surface area contributed by atoms with Crippen molar-refractivity contribution in [2.24, 2.45) is 0 Å². The third-order valence-electron chi connectivity index (χ3n) is 4.11. The second kappa shape index (κ2) is 5.83. The van der Waals surface area contributed by atoms with Gasteiger partial charge in [-0.3, -0.25) is 9.48 Å². The first-order valence-corrected chi connectivity index (χ1v) is 7.53. The van der Waals surface area contributed by atoms with Crippen LogP contribution in [0.25, 0.3) is 0 Å². The second-order valence-corrected chi connectivity index (χ2v) is 5.89. The lowest BCUT2D eigenvalue weighted by molar-refractivity contribution is -0.140. The highest BCUT2D eigenvalue weighted by atomic mass is 16.5. The lowest BCUT2D eigenvalue weighted by Gasteiger charge is -2.39. The van der Waals surface area contributed by atoms with Crippen LogP contribution in [0.1, 0.15) is 16.8 Å². The predicted octanol–water partition coefficient (Wildman–Crippen LogP) is 2.10. The fourth-order valence-electron chi connectivity index (χ4n) is 2.66. The highest BCUT2D eigenvalue weighted by Gasteiger charge is 2.32. The zero-order chi connectivity index (χ0) is 15.7. The van der Waals surface area contributed by atoms with Gasteiger partial charge in [0.2, 0.25) is 5.91 Å². The minimum atomic E-state index is 0.0856. The number of hydrogen-bond acceptors (Lipinski definition) is 3. The molecule has 5 nitrogen and oxygen atoms in total. The van der Waals surface area contributed by atoms with E-state index in [0.717, 1.165) is 22.6 Å². The zero-order valence-corrected chi connectivity index (χ0v) is 13.2. The van der Waals surface area contributed by atoms with Crippen molar-refractivity contribution in [1.29, 1.82) is 0 Å². The SMILES string of the molecule is Cc1cccc(C)c1OC1CN(C(=O)Cn2nccc2C)C1. The Labute approximate surface area is 130 Å². The van der Waals surface area contributed by atoms with Crippen molar-refractivity contribution in [3.05, 3.63) is 47.3 Å². The van der Waals surface area contributed by atoms with E-state index in [9.17, 15) is 4.79 Å². The van der Waals surface area contributed by atoms with Crippen molar-refractivity contribution in [1.82, 2.24) is 14.7 Å². The van der Waals surface area contributed by atoms with Gasteiger partial charge in [0.25, 0.3) is 0 Å². The number of amides is 1. The molecule has 0 radical (unpaired) electrons. The fraction of sp³-hybridized carbons (Fsp3) is 0.412. The van der Waals surface area contributed by atoms with Gasteiger partial charge in [0.1, 0.15) is 18.4 Å². The molecule has 1 fully saturated rings. The Balaban J connectivity index is 1.54. The average Bonchev–Trinajstić information content (AvgIpc) is 2.81. The molecule has 0 bridgehead atoms. The van der Waals surface area contributed by atoms with Crippen LogP contribution < -0.4 is 4.74 Å². The van der Waals surface area contributed by atoms with Crippen molar-refractivity contribution in [2.75, 3.05) is 13.1 Å². The number of carbonyl (C=O) groups is 1. The van der Waals surface area contributed by atoms with E-state index in [1.165, 1.54) is 0 Å². The van der Waals surface area contributed by atoms with E-state index in [0.29, 0.717) is 19.6 Å². The first kappa shape index (κ1) is 14.6. The van der Waals surface area contributed by atoms with Crippen molar-refractivity contribution in [2.45, 2.75) is 33.4 Å². The number of aryl methyl sites for hydroxylation is 3. The molecule has 0 N–H and O–H groups in total. The van der Waals surface area contributed by atoms with E-state index in [1.54, 1.807) is 10.9 Å². The Bertz CT molecular complexity index is 667. The molecule has 1 amide bonds. The molecule has 0 saturated carbocycles. The largest absolute Gasteiger partial charge is 0.486 e. The highest BCUT2D eigenvalue weighted by Crippen LogP contribution is 2.26. The minimum Gasteiger partial charge on any atom is -0.486 e. The topological polar surface area (TPSA) is 47.4 Å². The molecule has 3 rings (SSSR count). The third kappa shape index (κ3) is 2.84. The predicted molar refractivity (Wildman–Crippen MR) is 83.9 cm³/mol. The summed E-state index contributed by atoms with van der Waals surface area (Å²) in [4.78, 5) is 14.0. The van der Waals surface area contributed by atoms with Gasteiger partial charge in [0.15, 0.2) is 0 Å². The molecule has 2 heterocycles. The van der Waals surface area contributed by atoms with Crippen LogP contribution in [-0.4, -0.2) is 39.8 Å². The molecular formula is C17H21N3O2. The smallest absolute Gasteiger partial charge is 0.244 e. The Morgan fingerprint density at radius 1 is 1.23 bits per heavy atom. The normalized spacial score (nSPS) is 14.8. The summed E-state index contributed by atoms with van der Waals surface area (Å²) in [5, 5.41) is 4.14. The standard InChI is InChI=1S/C17H21N3O2/c1-12-5-4-6-13(2)17(12)22-15-9-19(10-15)16(21)11-20-14(3)7-8-18-20/h4-8,15H,9-11H2,1-3H3. The number of para-hydroxylation sites is 1. The highest BCUT2D eigenvalue weighted by molar-refractivity contribution is 5.77. The van der Waals surface area contributed by atoms with Gasteiger partial charge in [-0.15, -0.1) is 0 Å². The van der Waals surface area contributed by atoms with E-state index in [4.69, 9.17) is 4.74 Å². The van der Waals surface area contributed by atoms with E-state index >= 15 is 0 Å². The molecular weight excluding hydrogens is 278 g/mol. The molecule has 1 aromatic heterocycles. The molecule has 1 aliphatic heterocycles. The summed E-state index contributed by atoms with van der Waals surface area (Å²) in [6, 6.07) is 8.02. The van der Waals surface area contributed by atoms with Gasteiger partial charge in [-0.2, -0.15) is 5.10 Å². The number of nitrogens with zero attached hydrogens (tertiary/aromatic N) is 3. The van der Waals surface area contributed by atoms with Crippen molar-refractivity contribution < 1.29 is 9.53 Å². The van der Waals surface area contributed by atoms with Gasteiger partial charge in [-0.25, -0.2) is 0 Å². The van der Waals surface area contributed by atoms with Crippen molar-refractivity contribution in [3.8, 4) is 5.75 Å². The summed E-state index contributed by atoms with van der Waals surface area (Å²) >= 11 is 0.